The number of rotatable bonds is 5. The quantitative estimate of drug-likeness (QED) is 0.631. The van der Waals surface area contributed by atoms with Crippen LogP contribution in [0, 0.1) is 6.92 Å². The predicted molar refractivity (Wildman–Crippen MR) is 113 cm³/mol. The third-order valence-corrected chi connectivity index (χ3v) is 5.58. The maximum absolute atomic E-state index is 12.9. The van der Waals surface area contributed by atoms with Gasteiger partial charge >= 0.3 is 0 Å². The number of hydrogen-bond donors (Lipinski definition) is 0. The highest BCUT2D eigenvalue weighted by molar-refractivity contribution is 6.30. The maximum Gasteiger partial charge on any atom is 0.254 e. The Morgan fingerprint density at radius 2 is 1.83 bits per heavy atom. The average Bonchev–Trinajstić information content (AvgIpc) is 3.04. The van der Waals surface area contributed by atoms with Gasteiger partial charge in [0.2, 0.25) is 0 Å². The van der Waals surface area contributed by atoms with E-state index in [2.05, 4.69) is 36.3 Å². The number of benzene rings is 2. The summed E-state index contributed by atoms with van der Waals surface area (Å²) >= 11 is 5.94. The van der Waals surface area contributed by atoms with Crippen LogP contribution in [0.15, 0.2) is 48.5 Å². The van der Waals surface area contributed by atoms with E-state index in [1.807, 2.05) is 16.6 Å². The molecule has 0 spiro atoms. The van der Waals surface area contributed by atoms with Crippen LogP contribution in [-0.4, -0.2) is 27.1 Å². The second kappa shape index (κ2) is 8.39. The van der Waals surface area contributed by atoms with E-state index in [1.54, 1.807) is 24.3 Å². The predicted octanol–water partition coefficient (Wildman–Crippen LogP) is 4.30. The van der Waals surface area contributed by atoms with E-state index in [0.29, 0.717) is 36.9 Å². The molecule has 0 saturated carbocycles. The lowest BCUT2D eigenvalue weighted by Gasteiger charge is -2.28. The van der Waals surface area contributed by atoms with Crippen LogP contribution in [-0.2, 0) is 38.0 Å². The van der Waals surface area contributed by atoms with Crippen molar-refractivity contribution in [1.82, 2.24) is 14.7 Å². The van der Waals surface area contributed by atoms with Crippen molar-refractivity contribution < 1.29 is 9.53 Å². The van der Waals surface area contributed by atoms with Crippen molar-refractivity contribution in [3.05, 3.63) is 87.2 Å². The molecule has 0 saturated heterocycles. The normalized spacial score (nSPS) is 13.4. The second-order valence-corrected chi connectivity index (χ2v) is 7.89. The molecule has 0 N–H and O–H groups in total. The third kappa shape index (κ3) is 4.36. The van der Waals surface area contributed by atoms with E-state index in [4.69, 9.17) is 16.3 Å². The summed E-state index contributed by atoms with van der Waals surface area (Å²) in [7, 11) is 1.96. The summed E-state index contributed by atoms with van der Waals surface area (Å²) in [6.45, 7) is 4.27. The summed E-state index contributed by atoms with van der Waals surface area (Å²) in [5, 5.41) is 5.28. The fraction of sp³-hybridized carbons (Fsp3) is 0.304. The molecule has 1 aliphatic heterocycles. The minimum absolute atomic E-state index is 0.0164. The Bertz CT molecular complexity index is 1010. The van der Waals surface area contributed by atoms with Crippen LogP contribution in [0.3, 0.4) is 0 Å². The third-order valence-electron chi connectivity index (χ3n) is 5.33. The second-order valence-electron chi connectivity index (χ2n) is 7.46. The SMILES string of the molecule is Cc1ccc(COCc2nn(C)c3c2CN(C(=O)c2ccc(Cl)cc2)CC3)cc1. The Morgan fingerprint density at radius 3 is 2.55 bits per heavy atom. The molecule has 4 rings (SSSR count). The number of carbonyl (C=O) groups excluding carboxylic acids is 1. The average molecular weight is 410 g/mol. The van der Waals surface area contributed by atoms with Crippen molar-refractivity contribution in [2.24, 2.45) is 7.05 Å². The van der Waals surface area contributed by atoms with Crippen molar-refractivity contribution in [2.75, 3.05) is 6.54 Å². The molecule has 0 radical (unpaired) electrons. The van der Waals surface area contributed by atoms with Crippen LogP contribution in [0.4, 0.5) is 0 Å². The number of ether oxygens (including phenoxy) is 1. The van der Waals surface area contributed by atoms with Crippen LogP contribution < -0.4 is 0 Å². The van der Waals surface area contributed by atoms with Gasteiger partial charge in [0.15, 0.2) is 0 Å². The minimum Gasteiger partial charge on any atom is -0.370 e. The van der Waals surface area contributed by atoms with Gasteiger partial charge < -0.3 is 9.64 Å². The summed E-state index contributed by atoms with van der Waals surface area (Å²) in [5.41, 5.74) is 6.21. The van der Waals surface area contributed by atoms with Crippen LogP contribution >= 0.6 is 11.6 Å². The van der Waals surface area contributed by atoms with Crippen molar-refractivity contribution >= 4 is 17.5 Å². The van der Waals surface area contributed by atoms with Crippen LogP contribution in [0.5, 0.6) is 0 Å². The first kappa shape index (κ1) is 19.7. The molecule has 6 heteroatoms. The number of nitrogens with zero attached hydrogens (tertiary/aromatic N) is 3. The summed E-state index contributed by atoms with van der Waals surface area (Å²) in [4.78, 5) is 14.8. The molecule has 150 valence electrons. The molecule has 1 amide bonds. The molecule has 0 bridgehead atoms. The number of aryl methyl sites for hydroxylation is 2. The van der Waals surface area contributed by atoms with Gasteiger partial charge in [0, 0.05) is 48.4 Å². The smallest absolute Gasteiger partial charge is 0.254 e. The summed E-state index contributed by atoms with van der Waals surface area (Å²) in [5.74, 6) is 0.0164. The van der Waals surface area contributed by atoms with Gasteiger partial charge in [-0.05, 0) is 36.8 Å². The highest BCUT2D eigenvalue weighted by Crippen LogP contribution is 2.24. The number of hydrogen-bond acceptors (Lipinski definition) is 3. The minimum atomic E-state index is 0.0164. The van der Waals surface area contributed by atoms with Gasteiger partial charge in [-0.2, -0.15) is 5.10 Å². The van der Waals surface area contributed by atoms with E-state index < -0.39 is 0 Å². The molecular formula is C23H24ClN3O2. The number of fused-ring (bicyclic) bond motifs is 1. The van der Waals surface area contributed by atoms with Crippen molar-refractivity contribution in [3.8, 4) is 0 Å². The molecule has 1 aliphatic rings. The van der Waals surface area contributed by atoms with E-state index in [-0.39, 0.29) is 5.91 Å². The maximum atomic E-state index is 12.9. The van der Waals surface area contributed by atoms with Gasteiger partial charge in [-0.3, -0.25) is 9.48 Å². The largest absolute Gasteiger partial charge is 0.370 e. The molecule has 2 aromatic carbocycles. The Hall–Kier alpha value is -2.63. The van der Waals surface area contributed by atoms with E-state index in [1.165, 1.54) is 11.3 Å². The fourth-order valence-electron chi connectivity index (χ4n) is 3.68. The standard InChI is InChI=1S/C23H24ClN3O2/c1-16-3-5-17(6-4-16)14-29-15-21-20-13-27(12-11-22(20)26(2)25-21)23(28)18-7-9-19(24)10-8-18/h3-10H,11-15H2,1-2H3. The molecule has 3 aromatic rings. The van der Waals surface area contributed by atoms with E-state index in [0.717, 1.165) is 23.2 Å². The van der Waals surface area contributed by atoms with Crippen LogP contribution in [0.1, 0.15) is 38.4 Å². The van der Waals surface area contributed by atoms with Gasteiger partial charge in [-0.25, -0.2) is 0 Å². The van der Waals surface area contributed by atoms with Gasteiger partial charge in [0.25, 0.3) is 5.91 Å². The molecule has 5 nitrogen and oxygen atoms in total. The van der Waals surface area contributed by atoms with Crippen molar-refractivity contribution in [2.45, 2.75) is 33.1 Å². The Labute approximate surface area is 175 Å². The lowest BCUT2D eigenvalue weighted by molar-refractivity contribution is 0.0728. The monoisotopic (exact) mass is 409 g/mol. The van der Waals surface area contributed by atoms with Gasteiger partial charge in [0.1, 0.15) is 0 Å². The van der Waals surface area contributed by atoms with E-state index in [9.17, 15) is 4.79 Å². The number of halogens is 1. The zero-order valence-electron chi connectivity index (χ0n) is 16.7. The molecule has 0 atom stereocenters. The Balaban J connectivity index is 1.45. The molecular weight excluding hydrogens is 386 g/mol. The molecule has 0 unspecified atom stereocenters. The highest BCUT2D eigenvalue weighted by Gasteiger charge is 2.27. The van der Waals surface area contributed by atoms with Gasteiger partial charge in [0.05, 0.1) is 18.9 Å². The molecule has 2 heterocycles. The van der Waals surface area contributed by atoms with E-state index >= 15 is 0 Å². The zero-order chi connectivity index (χ0) is 20.4. The van der Waals surface area contributed by atoms with Crippen LogP contribution in [0.25, 0.3) is 0 Å². The van der Waals surface area contributed by atoms with Gasteiger partial charge in [-0.1, -0.05) is 41.4 Å². The lowest BCUT2D eigenvalue weighted by atomic mass is 10.0. The number of amides is 1. The molecule has 29 heavy (non-hydrogen) atoms. The Morgan fingerprint density at radius 1 is 1.10 bits per heavy atom. The van der Waals surface area contributed by atoms with Crippen LogP contribution in [0.2, 0.25) is 5.02 Å². The number of carbonyl (C=O) groups is 1. The summed E-state index contributed by atoms with van der Waals surface area (Å²) < 4.78 is 7.85. The number of aromatic nitrogens is 2. The molecule has 0 fully saturated rings. The highest BCUT2D eigenvalue weighted by atomic mass is 35.5. The molecule has 1 aromatic heterocycles. The first-order chi connectivity index (χ1) is 14.0. The lowest BCUT2D eigenvalue weighted by Crippen LogP contribution is -2.36. The zero-order valence-corrected chi connectivity index (χ0v) is 17.4. The molecule has 0 aliphatic carbocycles. The summed E-state index contributed by atoms with van der Waals surface area (Å²) in [6, 6.07) is 15.4. The fourth-order valence-corrected chi connectivity index (χ4v) is 3.81. The topological polar surface area (TPSA) is 47.4 Å². The van der Waals surface area contributed by atoms with Crippen molar-refractivity contribution in [3.63, 3.8) is 0 Å². The Kier molecular flexibility index (Phi) is 5.69. The first-order valence-corrected chi connectivity index (χ1v) is 10.1. The van der Waals surface area contributed by atoms with Crippen molar-refractivity contribution in [1.29, 1.82) is 0 Å². The van der Waals surface area contributed by atoms with Gasteiger partial charge in [-0.15, -0.1) is 0 Å². The summed E-state index contributed by atoms with van der Waals surface area (Å²) in [6.07, 6.45) is 0.788. The first-order valence-electron chi connectivity index (χ1n) is 9.73.